The summed E-state index contributed by atoms with van der Waals surface area (Å²) in [5, 5.41) is 14.5. The first kappa shape index (κ1) is 18.4. The standard InChI is InChI=1S/C17H18N4O3S2/c1-9-6-4-5-7-11(9)14-13(15(22)24-3)12(18-16(23)19-14)8-25-17-21-20-10(2)26-17/h4-7,14H,8H2,1-3H3,(H2,18,19,23)/t14-/m0/s1. The molecule has 0 saturated heterocycles. The van der Waals surface area contributed by atoms with Gasteiger partial charge in [-0.2, -0.15) is 0 Å². The highest BCUT2D eigenvalue weighted by molar-refractivity contribution is 8.01. The third kappa shape index (κ3) is 3.88. The minimum absolute atomic E-state index is 0.352. The SMILES string of the molecule is COC(=O)C1=C(CSc2nnc(C)s2)NC(=O)N[C@H]1c1ccccc1C. The highest BCUT2D eigenvalue weighted by Gasteiger charge is 2.34. The molecule has 7 nitrogen and oxygen atoms in total. The van der Waals surface area contributed by atoms with E-state index in [0.29, 0.717) is 17.0 Å². The molecule has 0 aliphatic carbocycles. The molecular formula is C17H18N4O3S2. The maximum atomic E-state index is 12.5. The molecule has 1 aromatic heterocycles. The number of rotatable bonds is 5. The number of nitrogens with one attached hydrogen (secondary N) is 2. The first-order valence-electron chi connectivity index (χ1n) is 7.87. The van der Waals surface area contributed by atoms with Crippen LogP contribution in [0.2, 0.25) is 0 Å². The van der Waals surface area contributed by atoms with Gasteiger partial charge in [-0.1, -0.05) is 47.4 Å². The Hall–Kier alpha value is -2.39. The molecule has 2 amide bonds. The molecule has 9 heteroatoms. The van der Waals surface area contributed by atoms with Crippen LogP contribution in [0.25, 0.3) is 0 Å². The zero-order valence-corrected chi connectivity index (χ0v) is 16.2. The van der Waals surface area contributed by atoms with Crippen LogP contribution in [0.1, 0.15) is 22.2 Å². The lowest BCUT2D eigenvalue weighted by Gasteiger charge is -2.29. The van der Waals surface area contributed by atoms with Crippen molar-refractivity contribution in [3.8, 4) is 0 Å². The number of urea groups is 1. The largest absolute Gasteiger partial charge is 0.466 e. The molecule has 0 unspecified atom stereocenters. The van der Waals surface area contributed by atoms with Crippen LogP contribution in [0.15, 0.2) is 39.9 Å². The molecule has 0 saturated carbocycles. The van der Waals surface area contributed by atoms with Gasteiger partial charge in [0, 0.05) is 11.4 Å². The molecule has 3 rings (SSSR count). The number of aryl methyl sites for hydroxylation is 2. The summed E-state index contributed by atoms with van der Waals surface area (Å²) in [7, 11) is 1.33. The molecule has 0 radical (unpaired) electrons. The molecule has 0 bridgehead atoms. The Balaban J connectivity index is 1.98. The van der Waals surface area contributed by atoms with Gasteiger partial charge in [0.15, 0.2) is 4.34 Å². The van der Waals surface area contributed by atoms with Gasteiger partial charge in [0.1, 0.15) is 5.01 Å². The number of hydrogen-bond donors (Lipinski definition) is 2. The predicted octanol–water partition coefficient (Wildman–Crippen LogP) is 2.73. The van der Waals surface area contributed by atoms with E-state index in [-0.39, 0.29) is 6.03 Å². The first-order valence-corrected chi connectivity index (χ1v) is 9.67. The van der Waals surface area contributed by atoms with Crippen LogP contribution in [0.5, 0.6) is 0 Å². The normalized spacial score (nSPS) is 16.9. The number of amides is 2. The van der Waals surface area contributed by atoms with Gasteiger partial charge in [-0.3, -0.25) is 0 Å². The zero-order valence-electron chi connectivity index (χ0n) is 14.5. The second kappa shape index (κ2) is 7.88. The highest BCUT2D eigenvalue weighted by Crippen LogP contribution is 2.32. The zero-order chi connectivity index (χ0) is 18.7. The number of esters is 1. The number of carbonyl (C=O) groups is 2. The third-order valence-electron chi connectivity index (χ3n) is 3.91. The van der Waals surface area contributed by atoms with E-state index in [1.807, 2.05) is 38.1 Å². The summed E-state index contributed by atoms with van der Waals surface area (Å²) in [4.78, 5) is 24.7. The molecule has 2 aromatic rings. The van der Waals surface area contributed by atoms with E-state index in [1.165, 1.54) is 30.2 Å². The summed E-state index contributed by atoms with van der Waals surface area (Å²) in [5.41, 5.74) is 2.76. The summed E-state index contributed by atoms with van der Waals surface area (Å²) in [6, 6.07) is 6.71. The molecule has 26 heavy (non-hydrogen) atoms. The Kier molecular flexibility index (Phi) is 5.58. The minimum atomic E-state index is -0.566. The predicted molar refractivity (Wildman–Crippen MR) is 100.0 cm³/mol. The van der Waals surface area contributed by atoms with Crippen LogP contribution in [0.3, 0.4) is 0 Å². The van der Waals surface area contributed by atoms with Crippen molar-refractivity contribution in [3.63, 3.8) is 0 Å². The van der Waals surface area contributed by atoms with Crippen molar-refractivity contribution in [1.29, 1.82) is 0 Å². The third-order valence-corrected chi connectivity index (χ3v) is 5.90. The number of methoxy groups -OCH3 is 1. The van der Waals surface area contributed by atoms with Crippen molar-refractivity contribution in [3.05, 3.63) is 51.7 Å². The second-order valence-corrected chi connectivity index (χ2v) is 8.05. The van der Waals surface area contributed by atoms with E-state index >= 15 is 0 Å². The molecule has 0 fully saturated rings. The summed E-state index contributed by atoms with van der Waals surface area (Å²) in [5.74, 6) is -0.0932. The fourth-order valence-electron chi connectivity index (χ4n) is 2.70. The number of ether oxygens (including phenoxy) is 1. The van der Waals surface area contributed by atoms with Crippen LogP contribution in [0.4, 0.5) is 4.79 Å². The van der Waals surface area contributed by atoms with Crippen molar-refractivity contribution in [1.82, 2.24) is 20.8 Å². The minimum Gasteiger partial charge on any atom is -0.466 e. The molecule has 2 N–H and O–H groups in total. The second-order valence-electron chi connectivity index (χ2n) is 5.65. The van der Waals surface area contributed by atoms with E-state index in [1.54, 1.807) is 0 Å². The molecule has 0 spiro atoms. The fourth-order valence-corrected chi connectivity index (χ4v) is 4.48. The van der Waals surface area contributed by atoms with Gasteiger partial charge in [-0.05, 0) is 25.0 Å². The molecule has 1 atom stereocenters. The summed E-state index contributed by atoms with van der Waals surface area (Å²) >= 11 is 2.89. The Morgan fingerprint density at radius 2 is 2.08 bits per heavy atom. The van der Waals surface area contributed by atoms with Gasteiger partial charge in [-0.25, -0.2) is 9.59 Å². The monoisotopic (exact) mass is 390 g/mol. The maximum Gasteiger partial charge on any atom is 0.338 e. The van der Waals surface area contributed by atoms with Crippen LogP contribution >= 0.6 is 23.1 Å². The topological polar surface area (TPSA) is 93.2 Å². The molecule has 1 aromatic carbocycles. The van der Waals surface area contributed by atoms with Gasteiger partial charge in [-0.15, -0.1) is 10.2 Å². The first-order chi connectivity index (χ1) is 12.5. The Bertz CT molecular complexity index is 878. The molecular weight excluding hydrogens is 372 g/mol. The maximum absolute atomic E-state index is 12.5. The van der Waals surface area contributed by atoms with Crippen LogP contribution in [-0.2, 0) is 9.53 Å². The Morgan fingerprint density at radius 1 is 1.31 bits per heavy atom. The highest BCUT2D eigenvalue weighted by atomic mass is 32.2. The van der Waals surface area contributed by atoms with Crippen molar-refractivity contribution in [2.45, 2.75) is 24.2 Å². The number of nitrogens with zero attached hydrogens (tertiary/aromatic N) is 2. The smallest absolute Gasteiger partial charge is 0.338 e. The number of aromatic nitrogens is 2. The quantitative estimate of drug-likeness (QED) is 0.602. The number of carbonyl (C=O) groups excluding carboxylic acids is 2. The molecule has 2 heterocycles. The van der Waals surface area contributed by atoms with E-state index in [0.717, 1.165) is 20.5 Å². The van der Waals surface area contributed by atoms with Crippen molar-refractivity contribution in [2.75, 3.05) is 12.9 Å². The fraction of sp³-hybridized carbons (Fsp3) is 0.294. The number of hydrogen-bond acceptors (Lipinski definition) is 7. The van der Waals surface area contributed by atoms with E-state index in [9.17, 15) is 9.59 Å². The van der Waals surface area contributed by atoms with Crippen molar-refractivity contribution < 1.29 is 14.3 Å². The Labute approximate surface area is 159 Å². The lowest BCUT2D eigenvalue weighted by atomic mass is 9.92. The summed E-state index contributed by atoms with van der Waals surface area (Å²) in [6.45, 7) is 3.82. The Morgan fingerprint density at radius 3 is 2.73 bits per heavy atom. The molecule has 1 aliphatic rings. The molecule has 136 valence electrons. The summed E-state index contributed by atoms with van der Waals surface area (Å²) < 4.78 is 5.76. The lowest BCUT2D eigenvalue weighted by Crippen LogP contribution is -2.46. The van der Waals surface area contributed by atoms with Crippen molar-refractivity contribution >= 4 is 35.1 Å². The lowest BCUT2D eigenvalue weighted by molar-refractivity contribution is -0.136. The van der Waals surface area contributed by atoms with Gasteiger partial charge in [0.05, 0.1) is 18.7 Å². The van der Waals surface area contributed by atoms with E-state index < -0.39 is 12.0 Å². The van der Waals surface area contributed by atoms with Gasteiger partial charge in [0.25, 0.3) is 0 Å². The van der Waals surface area contributed by atoms with E-state index in [4.69, 9.17) is 4.74 Å². The number of benzene rings is 1. The van der Waals surface area contributed by atoms with Crippen LogP contribution in [-0.4, -0.2) is 35.1 Å². The average molecular weight is 390 g/mol. The molecule has 1 aliphatic heterocycles. The average Bonchev–Trinajstić information content (AvgIpc) is 3.04. The van der Waals surface area contributed by atoms with Gasteiger partial charge >= 0.3 is 12.0 Å². The van der Waals surface area contributed by atoms with Gasteiger partial charge < -0.3 is 15.4 Å². The van der Waals surface area contributed by atoms with Crippen molar-refractivity contribution in [2.24, 2.45) is 0 Å². The number of thioether (sulfide) groups is 1. The van der Waals surface area contributed by atoms with Crippen LogP contribution in [0, 0.1) is 13.8 Å². The van der Waals surface area contributed by atoms with Crippen LogP contribution < -0.4 is 10.6 Å². The summed E-state index contributed by atoms with van der Waals surface area (Å²) in [6.07, 6.45) is 0. The van der Waals surface area contributed by atoms with Gasteiger partial charge in [0.2, 0.25) is 0 Å². The van der Waals surface area contributed by atoms with E-state index in [2.05, 4.69) is 20.8 Å².